The molecule has 7 nitrogen and oxygen atoms in total. The highest BCUT2D eigenvalue weighted by Gasteiger charge is 2.35. The first-order chi connectivity index (χ1) is 19.2. The molecular formula is C30H38F3NO6. The maximum Gasteiger partial charge on any atom is 0.419 e. The Morgan fingerprint density at radius 3 is 2.38 bits per heavy atom. The van der Waals surface area contributed by atoms with Crippen molar-refractivity contribution in [2.24, 2.45) is 5.92 Å². The summed E-state index contributed by atoms with van der Waals surface area (Å²) in [6.45, 7) is 2.61. The second-order valence-electron chi connectivity index (χ2n) is 9.97. The lowest BCUT2D eigenvalue weighted by Gasteiger charge is -2.25. The van der Waals surface area contributed by atoms with Crippen LogP contribution in [0.15, 0.2) is 48.5 Å². The number of benzene rings is 2. The quantitative estimate of drug-likeness (QED) is 0.266. The number of halogens is 3. The second kappa shape index (κ2) is 15.5. The second-order valence-corrected chi connectivity index (χ2v) is 9.97. The van der Waals surface area contributed by atoms with Gasteiger partial charge < -0.3 is 24.2 Å². The van der Waals surface area contributed by atoms with Gasteiger partial charge in [-0.05, 0) is 55.5 Å². The zero-order valence-electron chi connectivity index (χ0n) is 22.8. The fourth-order valence-electron chi connectivity index (χ4n) is 4.92. The average molecular weight is 566 g/mol. The van der Waals surface area contributed by atoms with Crippen molar-refractivity contribution in [3.8, 4) is 11.5 Å². The molecular weight excluding hydrogens is 527 g/mol. The number of carbonyl (C=O) groups is 2. The predicted molar refractivity (Wildman–Crippen MR) is 144 cm³/mol. The lowest BCUT2D eigenvalue weighted by atomic mass is 9.86. The molecule has 40 heavy (non-hydrogen) atoms. The van der Waals surface area contributed by atoms with E-state index in [1.807, 2.05) is 0 Å². The number of aliphatic carboxylic acids is 1. The molecule has 3 rings (SSSR count). The van der Waals surface area contributed by atoms with Crippen LogP contribution in [0.5, 0.6) is 11.5 Å². The highest BCUT2D eigenvalue weighted by Crippen LogP contribution is 2.36. The summed E-state index contributed by atoms with van der Waals surface area (Å²) in [6.07, 6.45) is 1.44. The minimum atomic E-state index is -4.65. The number of amides is 1. The molecule has 0 radical (unpaired) electrons. The monoisotopic (exact) mass is 565 g/mol. The van der Waals surface area contributed by atoms with Gasteiger partial charge in [-0.25, -0.2) is 9.59 Å². The van der Waals surface area contributed by atoms with Gasteiger partial charge in [0.05, 0.1) is 12.1 Å². The molecule has 220 valence electrons. The molecule has 1 atom stereocenters. The minimum absolute atomic E-state index is 0.107. The van der Waals surface area contributed by atoms with E-state index < -0.39 is 35.7 Å². The van der Waals surface area contributed by atoms with E-state index in [9.17, 15) is 27.9 Å². The summed E-state index contributed by atoms with van der Waals surface area (Å²) in [7, 11) is 0. The van der Waals surface area contributed by atoms with Crippen molar-refractivity contribution < 1.29 is 42.1 Å². The number of nitrogens with zero attached hydrogens (tertiary/aromatic N) is 1. The molecule has 2 aromatic rings. The molecule has 0 bridgehead atoms. The van der Waals surface area contributed by atoms with Crippen molar-refractivity contribution in [2.45, 2.75) is 70.6 Å². The van der Waals surface area contributed by atoms with E-state index >= 15 is 0 Å². The van der Waals surface area contributed by atoms with Crippen molar-refractivity contribution in [1.82, 2.24) is 4.90 Å². The number of carbonyl (C=O) groups excluding carboxylic acids is 1. The van der Waals surface area contributed by atoms with Crippen LogP contribution in [-0.4, -0.2) is 54.5 Å². The Morgan fingerprint density at radius 2 is 1.73 bits per heavy atom. The number of ether oxygens (including phenoxy) is 3. The Balaban J connectivity index is 1.60. The van der Waals surface area contributed by atoms with Crippen LogP contribution in [0.1, 0.15) is 63.0 Å². The summed E-state index contributed by atoms with van der Waals surface area (Å²) >= 11 is 0. The molecule has 1 unspecified atom stereocenters. The van der Waals surface area contributed by atoms with E-state index in [2.05, 4.69) is 0 Å². The van der Waals surface area contributed by atoms with E-state index in [4.69, 9.17) is 14.2 Å². The fourth-order valence-corrected chi connectivity index (χ4v) is 4.92. The molecule has 1 N–H and O–H groups in total. The lowest BCUT2D eigenvalue weighted by molar-refractivity contribution is -0.150. The smallest absolute Gasteiger partial charge is 0.419 e. The number of alkyl halides is 3. The molecule has 10 heteroatoms. The highest BCUT2D eigenvalue weighted by molar-refractivity contribution is 5.72. The van der Waals surface area contributed by atoms with Gasteiger partial charge in [-0.1, -0.05) is 56.4 Å². The zero-order chi connectivity index (χ0) is 29.0. The number of hydrogen-bond donors (Lipinski definition) is 1. The topological polar surface area (TPSA) is 85.3 Å². The SMILES string of the molecule is CCOC(Cc1ccc(OCCN(CCCC2CCCCC2)C(=O)Oc2ccccc2C(F)(F)F)cc1)C(=O)O. The Bertz CT molecular complexity index is 1070. The van der Waals surface area contributed by atoms with Gasteiger partial charge in [0.2, 0.25) is 0 Å². The molecule has 1 fully saturated rings. The third-order valence-electron chi connectivity index (χ3n) is 7.03. The van der Waals surface area contributed by atoms with Crippen molar-refractivity contribution in [3.05, 3.63) is 59.7 Å². The fraction of sp³-hybridized carbons (Fsp3) is 0.533. The Hall–Kier alpha value is -3.27. The third kappa shape index (κ3) is 10.0. The Kier molecular flexibility index (Phi) is 12.1. The van der Waals surface area contributed by atoms with E-state index in [1.165, 1.54) is 49.1 Å². The van der Waals surface area contributed by atoms with Gasteiger partial charge in [-0.15, -0.1) is 0 Å². The van der Waals surface area contributed by atoms with Crippen LogP contribution in [0, 0.1) is 5.92 Å². The van der Waals surface area contributed by atoms with E-state index in [-0.39, 0.29) is 19.6 Å². The van der Waals surface area contributed by atoms with Crippen LogP contribution in [-0.2, 0) is 22.1 Å². The summed E-state index contributed by atoms with van der Waals surface area (Å²) in [5.74, 6) is -0.434. The largest absolute Gasteiger partial charge is 0.492 e. The van der Waals surface area contributed by atoms with Crippen molar-refractivity contribution >= 4 is 12.1 Å². The minimum Gasteiger partial charge on any atom is -0.492 e. The third-order valence-corrected chi connectivity index (χ3v) is 7.03. The molecule has 0 aliphatic heterocycles. The van der Waals surface area contributed by atoms with Crippen LogP contribution in [0.2, 0.25) is 0 Å². The van der Waals surface area contributed by atoms with Crippen LogP contribution < -0.4 is 9.47 Å². The van der Waals surface area contributed by atoms with Crippen LogP contribution in [0.4, 0.5) is 18.0 Å². The van der Waals surface area contributed by atoms with Gasteiger partial charge in [0, 0.05) is 19.6 Å². The van der Waals surface area contributed by atoms with Crippen molar-refractivity contribution in [3.63, 3.8) is 0 Å². The molecule has 0 saturated heterocycles. The zero-order valence-corrected chi connectivity index (χ0v) is 22.8. The van der Waals surface area contributed by atoms with E-state index in [0.29, 0.717) is 24.8 Å². The summed E-state index contributed by atoms with van der Waals surface area (Å²) in [5.41, 5.74) is -0.235. The van der Waals surface area contributed by atoms with Crippen LogP contribution in [0.3, 0.4) is 0 Å². The molecule has 1 aliphatic carbocycles. The molecule has 1 aliphatic rings. The molecule has 0 aromatic heterocycles. The van der Waals surface area contributed by atoms with Crippen LogP contribution >= 0.6 is 0 Å². The molecule has 1 amide bonds. The normalized spacial score (nSPS) is 14.9. The van der Waals surface area contributed by atoms with Crippen molar-refractivity contribution in [2.75, 3.05) is 26.3 Å². The number of carboxylic acid groups (broad SMARTS) is 1. The maximum atomic E-state index is 13.4. The molecule has 0 spiro atoms. The van der Waals surface area contributed by atoms with Gasteiger partial charge in [0.1, 0.15) is 18.1 Å². The summed E-state index contributed by atoms with van der Waals surface area (Å²) < 4.78 is 56.5. The first-order valence-electron chi connectivity index (χ1n) is 13.9. The van der Waals surface area contributed by atoms with Gasteiger partial charge in [0.15, 0.2) is 6.10 Å². The Morgan fingerprint density at radius 1 is 1.02 bits per heavy atom. The summed E-state index contributed by atoms with van der Waals surface area (Å²) in [4.78, 5) is 25.7. The Labute approximate surface area is 233 Å². The predicted octanol–water partition coefficient (Wildman–Crippen LogP) is 6.98. The summed E-state index contributed by atoms with van der Waals surface area (Å²) in [5, 5.41) is 9.27. The number of hydrogen-bond acceptors (Lipinski definition) is 5. The number of para-hydroxylation sites is 1. The highest BCUT2D eigenvalue weighted by atomic mass is 19.4. The van der Waals surface area contributed by atoms with Crippen LogP contribution in [0.25, 0.3) is 0 Å². The molecule has 2 aromatic carbocycles. The first-order valence-corrected chi connectivity index (χ1v) is 13.9. The van der Waals surface area contributed by atoms with E-state index in [0.717, 1.165) is 30.5 Å². The number of carboxylic acids is 1. The van der Waals surface area contributed by atoms with Crippen molar-refractivity contribution in [1.29, 1.82) is 0 Å². The van der Waals surface area contributed by atoms with Gasteiger partial charge >= 0.3 is 18.2 Å². The first kappa shape index (κ1) is 31.3. The van der Waals surface area contributed by atoms with E-state index in [1.54, 1.807) is 31.2 Å². The average Bonchev–Trinajstić information content (AvgIpc) is 2.93. The lowest BCUT2D eigenvalue weighted by Crippen LogP contribution is -2.38. The summed E-state index contributed by atoms with van der Waals surface area (Å²) in [6, 6.07) is 11.6. The maximum absolute atomic E-state index is 13.4. The van der Waals surface area contributed by atoms with Gasteiger partial charge in [-0.3, -0.25) is 0 Å². The standard InChI is InChI=1S/C30H38F3NO6/c1-2-38-27(28(35)36)21-23-14-16-24(17-15-23)39-20-19-34(18-8-11-22-9-4-3-5-10-22)29(37)40-26-13-7-6-12-25(26)30(31,32)33/h6-7,12-17,22,27H,2-5,8-11,18-21H2,1H3,(H,35,36). The molecule has 1 saturated carbocycles. The van der Waals surface area contributed by atoms with Gasteiger partial charge in [0.25, 0.3) is 0 Å². The molecule has 0 heterocycles. The van der Waals surface area contributed by atoms with Gasteiger partial charge in [-0.2, -0.15) is 13.2 Å². The number of rotatable bonds is 14.